The van der Waals surface area contributed by atoms with Crippen LogP contribution in [0.5, 0.6) is 0 Å². The lowest BCUT2D eigenvalue weighted by Gasteiger charge is -2.07. The van der Waals surface area contributed by atoms with E-state index in [1.807, 2.05) is 0 Å². The predicted molar refractivity (Wildman–Crippen MR) is 69.3 cm³/mol. The Morgan fingerprint density at radius 2 is 2.00 bits per heavy atom. The van der Waals surface area contributed by atoms with Gasteiger partial charge in [0.25, 0.3) is 10.0 Å². The summed E-state index contributed by atoms with van der Waals surface area (Å²) in [5, 5.41) is 7.86. The summed E-state index contributed by atoms with van der Waals surface area (Å²) in [6.45, 7) is -0.379. The van der Waals surface area contributed by atoms with Crippen molar-refractivity contribution in [1.82, 2.24) is 9.71 Å². The third kappa shape index (κ3) is 3.39. The van der Waals surface area contributed by atoms with E-state index in [0.717, 1.165) is 18.3 Å². The van der Waals surface area contributed by atoms with E-state index < -0.39 is 26.7 Å². The molecule has 2 rings (SSSR count). The molecule has 21 heavy (non-hydrogen) atoms. The number of benzene rings is 1. The van der Waals surface area contributed by atoms with Gasteiger partial charge in [0.1, 0.15) is 5.82 Å². The van der Waals surface area contributed by atoms with Crippen LogP contribution in [-0.2, 0) is 16.6 Å². The van der Waals surface area contributed by atoms with Gasteiger partial charge < -0.3 is 0 Å². The van der Waals surface area contributed by atoms with Crippen LogP contribution >= 0.6 is 0 Å². The minimum Gasteiger partial charge on any atom is -0.241 e. The van der Waals surface area contributed by atoms with Gasteiger partial charge in [-0.2, -0.15) is 5.26 Å². The molecule has 0 saturated heterocycles. The maximum atomic E-state index is 13.6. The molecule has 108 valence electrons. The molecular weight excluding hydrogens is 300 g/mol. The number of pyridine rings is 1. The number of hydrogen-bond acceptors (Lipinski definition) is 4. The second-order valence-corrected chi connectivity index (χ2v) is 5.72. The predicted octanol–water partition coefficient (Wildman–Crippen LogP) is 1.71. The quantitative estimate of drug-likeness (QED) is 0.932. The fourth-order valence-corrected chi connectivity index (χ4v) is 2.58. The molecule has 1 N–H and O–H groups in total. The van der Waals surface area contributed by atoms with Crippen molar-refractivity contribution in [2.24, 2.45) is 0 Å². The van der Waals surface area contributed by atoms with Gasteiger partial charge in [-0.25, -0.2) is 26.9 Å². The Hall–Kier alpha value is -2.37. The number of halogens is 2. The second kappa shape index (κ2) is 5.95. The van der Waals surface area contributed by atoms with E-state index >= 15 is 0 Å². The van der Waals surface area contributed by atoms with E-state index in [1.165, 1.54) is 18.2 Å². The lowest BCUT2D eigenvalue weighted by molar-refractivity contribution is 0.542. The second-order valence-electron chi connectivity index (χ2n) is 4.03. The van der Waals surface area contributed by atoms with Crippen molar-refractivity contribution in [2.45, 2.75) is 11.6 Å². The van der Waals surface area contributed by atoms with Gasteiger partial charge in [-0.3, -0.25) is 0 Å². The van der Waals surface area contributed by atoms with E-state index in [-0.39, 0.29) is 17.7 Å². The Labute approximate surface area is 119 Å². The van der Waals surface area contributed by atoms with Crippen LogP contribution in [0.2, 0.25) is 0 Å². The summed E-state index contributed by atoms with van der Waals surface area (Å²) in [7, 11) is -4.19. The summed E-state index contributed by atoms with van der Waals surface area (Å²) < 4.78 is 52.8. The molecule has 0 spiro atoms. The molecule has 0 atom stereocenters. The van der Waals surface area contributed by atoms with Crippen molar-refractivity contribution in [3.63, 3.8) is 0 Å². The molecule has 0 bridgehead atoms. The summed E-state index contributed by atoms with van der Waals surface area (Å²) in [5.41, 5.74) is 0.156. The highest BCUT2D eigenvalue weighted by Crippen LogP contribution is 2.13. The first-order valence-electron chi connectivity index (χ1n) is 5.73. The molecule has 0 aliphatic carbocycles. The average molecular weight is 309 g/mol. The summed E-state index contributed by atoms with van der Waals surface area (Å²) in [6, 6.07) is 7.61. The molecule has 0 saturated carbocycles. The zero-order chi connectivity index (χ0) is 15.5. The van der Waals surface area contributed by atoms with Crippen LogP contribution in [0.25, 0.3) is 0 Å². The number of hydrogen-bond donors (Lipinski definition) is 1. The van der Waals surface area contributed by atoms with Crippen LogP contribution in [-0.4, -0.2) is 13.4 Å². The Morgan fingerprint density at radius 1 is 1.24 bits per heavy atom. The lowest BCUT2D eigenvalue weighted by atomic mass is 10.1. The van der Waals surface area contributed by atoms with Crippen molar-refractivity contribution >= 4 is 10.0 Å². The van der Waals surface area contributed by atoms with Crippen LogP contribution in [0.4, 0.5) is 8.78 Å². The largest absolute Gasteiger partial charge is 0.261 e. The van der Waals surface area contributed by atoms with E-state index in [1.54, 1.807) is 6.07 Å². The molecule has 1 aromatic heterocycles. The van der Waals surface area contributed by atoms with Gasteiger partial charge in [0, 0.05) is 18.3 Å². The number of nitriles is 1. The molecular formula is C13H9F2N3O2S. The minimum absolute atomic E-state index is 0.0360. The lowest BCUT2D eigenvalue weighted by Crippen LogP contribution is -2.25. The van der Waals surface area contributed by atoms with Gasteiger partial charge in [0.05, 0.1) is 11.6 Å². The van der Waals surface area contributed by atoms with Gasteiger partial charge >= 0.3 is 0 Å². The maximum Gasteiger partial charge on any atom is 0.261 e. The highest BCUT2D eigenvalue weighted by molar-refractivity contribution is 7.89. The zero-order valence-electron chi connectivity index (χ0n) is 10.5. The number of rotatable bonds is 4. The van der Waals surface area contributed by atoms with Crippen molar-refractivity contribution in [2.75, 3.05) is 0 Å². The van der Waals surface area contributed by atoms with Crippen LogP contribution in [0.3, 0.4) is 0 Å². The topological polar surface area (TPSA) is 82.9 Å². The minimum atomic E-state index is -4.19. The van der Waals surface area contributed by atoms with Crippen molar-refractivity contribution in [3.05, 3.63) is 59.3 Å². The molecule has 0 aliphatic rings. The van der Waals surface area contributed by atoms with E-state index in [0.29, 0.717) is 0 Å². The molecule has 5 nitrogen and oxygen atoms in total. The molecule has 0 radical (unpaired) electrons. The van der Waals surface area contributed by atoms with Crippen LogP contribution in [0.1, 0.15) is 11.1 Å². The van der Waals surface area contributed by atoms with E-state index in [2.05, 4.69) is 9.71 Å². The highest BCUT2D eigenvalue weighted by atomic mass is 32.2. The Balaban J connectivity index is 2.20. The summed E-state index contributed by atoms with van der Waals surface area (Å²) in [4.78, 5) is 3.45. The van der Waals surface area contributed by atoms with Gasteiger partial charge in [0.15, 0.2) is 5.82 Å². The SMILES string of the molecule is N#Cc1ccc(CNS(=O)(=O)c2ncccc2F)c(F)c1. The van der Waals surface area contributed by atoms with Crippen LogP contribution in [0, 0.1) is 23.0 Å². The molecule has 0 unspecified atom stereocenters. The Morgan fingerprint density at radius 3 is 2.62 bits per heavy atom. The van der Waals surface area contributed by atoms with E-state index in [9.17, 15) is 17.2 Å². The molecule has 0 amide bonds. The normalized spacial score (nSPS) is 11.1. The molecule has 0 aliphatic heterocycles. The van der Waals surface area contributed by atoms with Crippen LogP contribution < -0.4 is 4.72 Å². The first-order valence-corrected chi connectivity index (χ1v) is 7.21. The number of nitrogens with zero attached hydrogens (tertiary/aromatic N) is 2. The Kier molecular flexibility index (Phi) is 4.26. The van der Waals surface area contributed by atoms with E-state index in [4.69, 9.17) is 5.26 Å². The van der Waals surface area contributed by atoms with Gasteiger partial charge in [-0.1, -0.05) is 6.07 Å². The van der Waals surface area contributed by atoms with Gasteiger partial charge in [-0.05, 0) is 24.3 Å². The molecule has 0 fully saturated rings. The highest BCUT2D eigenvalue weighted by Gasteiger charge is 2.20. The summed E-state index contributed by atoms with van der Waals surface area (Å²) in [6.07, 6.45) is 1.14. The Bertz CT molecular complexity index is 816. The first kappa shape index (κ1) is 15.0. The maximum absolute atomic E-state index is 13.6. The fourth-order valence-electron chi connectivity index (χ4n) is 1.57. The number of nitrogens with one attached hydrogen (secondary N) is 1. The summed E-state index contributed by atoms with van der Waals surface area (Å²) in [5.74, 6) is -1.72. The van der Waals surface area contributed by atoms with Crippen LogP contribution in [0.15, 0.2) is 41.6 Å². The molecule has 1 heterocycles. The fraction of sp³-hybridized carbons (Fsp3) is 0.0769. The standard InChI is InChI=1S/C13H9F2N3O2S/c14-11-2-1-5-17-13(11)21(19,20)18-8-10-4-3-9(7-16)6-12(10)15/h1-6,18H,8H2. The molecule has 2 aromatic rings. The third-order valence-electron chi connectivity index (χ3n) is 2.61. The van der Waals surface area contributed by atoms with Crippen molar-refractivity contribution < 1.29 is 17.2 Å². The molecule has 8 heteroatoms. The smallest absolute Gasteiger partial charge is 0.241 e. The first-order chi connectivity index (χ1) is 9.94. The van der Waals surface area contributed by atoms with Gasteiger partial charge in [0.2, 0.25) is 5.03 Å². The number of aromatic nitrogens is 1. The van der Waals surface area contributed by atoms with Crippen molar-refractivity contribution in [3.8, 4) is 6.07 Å². The summed E-state index contributed by atoms with van der Waals surface area (Å²) >= 11 is 0. The zero-order valence-corrected chi connectivity index (χ0v) is 11.4. The average Bonchev–Trinajstić information content (AvgIpc) is 2.46. The van der Waals surface area contributed by atoms with Gasteiger partial charge in [-0.15, -0.1) is 0 Å². The third-order valence-corrected chi connectivity index (χ3v) is 3.95. The molecule has 1 aromatic carbocycles. The number of sulfonamides is 1. The monoisotopic (exact) mass is 309 g/mol. The van der Waals surface area contributed by atoms with Crippen molar-refractivity contribution in [1.29, 1.82) is 5.26 Å².